The van der Waals surface area contributed by atoms with E-state index in [1.807, 2.05) is 19.1 Å². The Morgan fingerprint density at radius 3 is 2.67 bits per heavy atom. The number of rotatable bonds is 0. The Morgan fingerprint density at radius 2 is 1.89 bits per heavy atom. The number of benzene rings is 1. The van der Waals surface area contributed by atoms with Gasteiger partial charge in [-0.25, -0.2) is 4.98 Å². The summed E-state index contributed by atoms with van der Waals surface area (Å²) in [6.07, 6.45) is 2.33. The molecule has 6 heteroatoms. The molecular formula is C21H19N3O3. The molecule has 1 aromatic carbocycles. The fraction of sp³-hybridized carbons (Fsp3) is 0.286. The van der Waals surface area contributed by atoms with Gasteiger partial charge in [-0.3, -0.25) is 14.3 Å². The first-order chi connectivity index (χ1) is 12.9. The Bertz CT molecular complexity index is 1150. The molecule has 3 heterocycles. The van der Waals surface area contributed by atoms with Crippen LogP contribution in [0.2, 0.25) is 0 Å². The predicted molar refractivity (Wildman–Crippen MR) is 101 cm³/mol. The Hall–Kier alpha value is -3.01. The van der Waals surface area contributed by atoms with Crippen molar-refractivity contribution in [1.82, 2.24) is 14.5 Å². The number of aryl methyl sites for hydroxylation is 2. The van der Waals surface area contributed by atoms with Gasteiger partial charge in [0.2, 0.25) is 0 Å². The van der Waals surface area contributed by atoms with E-state index < -0.39 is 5.79 Å². The van der Waals surface area contributed by atoms with Crippen molar-refractivity contribution in [1.29, 1.82) is 0 Å². The van der Waals surface area contributed by atoms with E-state index in [9.17, 15) is 15.0 Å². The van der Waals surface area contributed by atoms with Crippen LogP contribution in [0.1, 0.15) is 35.5 Å². The second-order valence-electron chi connectivity index (χ2n) is 6.89. The second-order valence-corrected chi connectivity index (χ2v) is 6.89. The monoisotopic (exact) mass is 361 g/mol. The molecule has 136 valence electrons. The van der Waals surface area contributed by atoms with Crippen LogP contribution < -0.4 is 5.56 Å². The number of hydrogen-bond donors (Lipinski definition) is 2. The van der Waals surface area contributed by atoms with Gasteiger partial charge in [0.25, 0.3) is 5.56 Å². The molecule has 0 bridgehead atoms. The first-order valence-corrected chi connectivity index (χ1v) is 8.84. The maximum absolute atomic E-state index is 12.8. The summed E-state index contributed by atoms with van der Waals surface area (Å²) in [7, 11) is 0. The largest absolute Gasteiger partial charge is 0.366 e. The SMILES string of the molecule is Cc1cc(C#Cc2ccc3c(=O)n4c(nc3c2)CCC(O)(O)CC4)ccn1. The van der Waals surface area contributed by atoms with Gasteiger partial charge in [-0.05, 0) is 37.3 Å². The lowest BCUT2D eigenvalue weighted by molar-refractivity contribution is -0.169. The fourth-order valence-electron chi connectivity index (χ4n) is 3.26. The van der Waals surface area contributed by atoms with Crippen LogP contribution in [-0.2, 0) is 13.0 Å². The highest BCUT2D eigenvalue weighted by atomic mass is 16.5. The molecule has 27 heavy (non-hydrogen) atoms. The third-order valence-electron chi connectivity index (χ3n) is 4.77. The van der Waals surface area contributed by atoms with Crippen molar-refractivity contribution in [3.05, 3.63) is 69.5 Å². The number of hydrogen-bond acceptors (Lipinski definition) is 5. The quantitative estimate of drug-likeness (QED) is 0.468. The van der Waals surface area contributed by atoms with Crippen LogP contribution >= 0.6 is 0 Å². The van der Waals surface area contributed by atoms with E-state index in [0.717, 1.165) is 16.8 Å². The first-order valence-electron chi connectivity index (χ1n) is 8.84. The fourth-order valence-corrected chi connectivity index (χ4v) is 3.26. The van der Waals surface area contributed by atoms with E-state index in [1.54, 1.807) is 29.0 Å². The Kier molecular flexibility index (Phi) is 4.27. The highest BCUT2D eigenvalue weighted by Gasteiger charge is 2.28. The number of fused-ring (bicyclic) bond motifs is 2. The highest BCUT2D eigenvalue weighted by Crippen LogP contribution is 2.21. The molecule has 0 unspecified atom stereocenters. The molecule has 0 aliphatic carbocycles. The minimum Gasteiger partial charge on any atom is -0.366 e. The molecule has 0 radical (unpaired) electrons. The molecule has 2 N–H and O–H groups in total. The van der Waals surface area contributed by atoms with Gasteiger partial charge in [0.15, 0.2) is 5.79 Å². The summed E-state index contributed by atoms with van der Waals surface area (Å²) in [6.45, 7) is 2.16. The van der Waals surface area contributed by atoms with Gasteiger partial charge in [-0.15, -0.1) is 0 Å². The zero-order valence-corrected chi connectivity index (χ0v) is 14.9. The smallest absolute Gasteiger partial charge is 0.261 e. The predicted octanol–water partition coefficient (Wildman–Crippen LogP) is 1.52. The molecule has 3 aromatic rings. The summed E-state index contributed by atoms with van der Waals surface area (Å²) in [5, 5.41) is 20.3. The Morgan fingerprint density at radius 1 is 1.11 bits per heavy atom. The lowest BCUT2D eigenvalue weighted by Gasteiger charge is -2.17. The molecule has 0 fully saturated rings. The van der Waals surface area contributed by atoms with E-state index in [4.69, 9.17) is 0 Å². The average Bonchev–Trinajstić information content (AvgIpc) is 2.79. The van der Waals surface area contributed by atoms with Crippen LogP contribution in [0.3, 0.4) is 0 Å². The van der Waals surface area contributed by atoms with E-state index >= 15 is 0 Å². The number of pyridine rings is 1. The summed E-state index contributed by atoms with van der Waals surface area (Å²) in [5.41, 5.74) is 2.96. The van der Waals surface area contributed by atoms with Gasteiger partial charge in [-0.2, -0.15) is 0 Å². The Balaban J connectivity index is 1.75. The molecule has 6 nitrogen and oxygen atoms in total. The number of aliphatic hydroxyl groups is 2. The van der Waals surface area contributed by atoms with Gasteiger partial charge < -0.3 is 10.2 Å². The topological polar surface area (TPSA) is 88.2 Å². The Labute approximate surface area is 156 Å². The highest BCUT2D eigenvalue weighted by molar-refractivity contribution is 5.79. The van der Waals surface area contributed by atoms with Gasteiger partial charge >= 0.3 is 0 Å². The maximum Gasteiger partial charge on any atom is 0.261 e. The second kappa shape index (κ2) is 6.62. The lowest BCUT2D eigenvalue weighted by atomic mass is 10.1. The van der Waals surface area contributed by atoms with E-state index in [0.29, 0.717) is 23.1 Å². The third kappa shape index (κ3) is 3.61. The van der Waals surface area contributed by atoms with Crippen molar-refractivity contribution in [3.63, 3.8) is 0 Å². The van der Waals surface area contributed by atoms with Crippen molar-refractivity contribution in [2.24, 2.45) is 0 Å². The molecule has 0 amide bonds. The van der Waals surface area contributed by atoms with Crippen LogP contribution in [0.25, 0.3) is 10.9 Å². The van der Waals surface area contributed by atoms with Crippen LogP contribution in [-0.4, -0.2) is 30.5 Å². The molecule has 0 spiro atoms. The van der Waals surface area contributed by atoms with Crippen LogP contribution in [0, 0.1) is 18.8 Å². The van der Waals surface area contributed by atoms with Gasteiger partial charge in [-0.1, -0.05) is 11.8 Å². The molecule has 0 saturated carbocycles. The molecule has 2 aromatic heterocycles. The van der Waals surface area contributed by atoms with Crippen LogP contribution in [0.15, 0.2) is 41.3 Å². The normalized spacial score (nSPS) is 15.5. The maximum atomic E-state index is 12.8. The van der Waals surface area contributed by atoms with Crippen molar-refractivity contribution in [2.45, 2.75) is 38.5 Å². The van der Waals surface area contributed by atoms with E-state index in [-0.39, 0.29) is 24.9 Å². The van der Waals surface area contributed by atoms with Crippen molar-refractivity contribution in [2.75, 3.05) is 0 Å². The standard InChI is InChI=1S/C21H19N3O3/c1-14-12-16(7-10-22-14)3-2-15-4-5-17-18(13-15)23-19-6-8-21(26,27)9-11-24(19)20(17)25/h4-5,7,10,12-13,26-27H,6,8-9,11H2,1H3. The summed E-state index contributed by atoms with van der Waals surface area (Å²) >= 11 is 0. The zero-order chi connectivity index (χ0) is 19.0. The van der Waals surface area contributed by atoms with Gasteiger partial charge in [0.05, 0.1) is 10.9 Å². The minimum absolute atomic E-state index is 0.113. The summed E-state index contributed by atoms with van der Waals surface area (Å²) in [6, 6.07) is 9.10. The van der Waals surface area contributed by atoms with Crippen LogP contribution in [0.5, 0.6) is 0 Å². The molecule has 1 aliphatic heterocycles. The van der Waals surface area contributed by atoms with E-state index in [2.05, 4.69) is 21.8 Å². The first kappa shape index (κ1) is 17.4. The zero-order valence-electron chi connectivity index (χ0n) is 14.9. The third-order valence-corrected chi connectivity index (χ3v) is 4.77. The minimum atomic E-state index is -1.76. The van der Waals surface area contributed by atoms with Gasteiger partial charge in [0.1, 0.15) is 5.82 Å². The van der Waals surface area contributed by atoms with Crippen molar-refractivity contribution < 1.29 is 10.2 Å². The number of nitrogens with zero attached hydrogens (tertiary/aromatic N) is 3. The molecule has 1 aliphatic rings. The average molecular weight is 361 g/mol. The number of aromatic nitrogens is 3. The molecule has 0 atom stereocenters. The van der Waals surface area contributed by atoms with Gasteiger partial charge in [0, 0.05) is 48.8 Å². The summed E-state index contributed by atoms with van der Waals surface area (Å²) < 4.78 is 1.54. The van der Waals surface area contributed by atoms with E-state index in [1.165, 1.54) is 0 Å². The van der Waals surface area contributed by atoms with Crippen molar-refractivity contribution in [3.8, 4) is 11.8 Å². The molecule has 4 rings (SSSR count). The molecule has 0 saturated heterocycles. The lowest BCUT2D eigenvalue weighted by Crippen LogP contribution is -2.29. The van der Waals surface area contributed by atoms with Crippen LogP contribution in [0.4, 0.5) is 0 Å². The summed E-state index contributed by atoms with van der Waals surface area (Å²) in [4.78, 5) is 21.5. The van der Waals surface area contributed by atoms with Crippen molar-refractivity contribution >= 4 is 10.9 Å². The summed E-state index contributed by atoms with van der Waals surface area (Å²) in [5.74, 6) is 5.01. The molecular weight excluding hydrogens is 342 g/mol.